The molecule has 147 valence electrons. The van der Waals surface area contributed by atoms with Gasteiger partial charge in [0.2, 0.25) is 0 Å². The summed E-state index contributed by atoms with van der Waals surface area (Å²) in [5, 5.41) is 0. The number of hydrogen-bond donors (Lipinski definition) is 0. The average Bonchev–Trinajstić information content (AvgIpc) is 2.58. The summed E-state index contributed by atoms with van der Waals surface area (Å²) in [7, 11) is 0. The van der Waals surface area contributed by atoms with Gasteiger partial charge in [0.1, 0.15) is 0 Å². The van der Waals surface area contributed by atoms with E-state index < -0.39 is 0 Å². The Hall–Kier alpha value is -1.82. The van der Waals surface area contributed by atoms with Crippen molar-refractivity contribution in [2.75, 3.05) is 0 Å². The van der Waals surface area contributed by atoms with Gasteiger partial charge < -0.3 is 0 Å². The van der Waals surface area contributed by atoms with Gasteiger partial charge in [-0.25, -0.2) is 0 Å². The monoisotopic (exact) mass is 363 g/mol. The standard InChI is InChI=1S/C27H39/c1-21(2)11-8-13-23(5)17-19-26-16-10-15-25(7)27(26)20-18-24(6)14-9-12-22(3)4/h10-12,15-18H,7-9,13-14,19-20H2,1-6H3/b23-17+,24-18+. The maximum atomic E-state index is 4.27. The van der Waals surface area contributed by atoms with Crippen molar-refractivity contribution in [2.24, 2.45) is 0 Å². The highest BCUT2D eigenvalue weighted by atomic mass is 14.1. The second-order valence-corrected chi connectivity index (χ2v) is 8.20. The SMILES string of the molecule is [CH2]c1cccc(C/C=C(\C)CCC=C(C)C)c1C/C=C(\C)CCC=C(C)C. The molecule has 0 aliphatic carbocycles. The van der Waals surface area contributed by atoms with Crippen LogP contribution in [0.4, 0.5) is 0 Å². The van der Waals surface area contributed by atoms with Gasteiger partial charge in [0.25, 0.3) is 0 Å². The van der Waals surface area contributed by atoms with Crippen molar-refractivity contribution in [1.82, 2.24) is 0 Å². The van der Waals surface area contributed by atoms with Gasteiger partial charge in [0.15, 0.2) is 0 Å². The quantitative estimate of drug-likeness (QED) is 0.366. The van der Waals surface area contributed by atoms with E-state index in [1.165, 1.54) is 33.4 Å². The molecule has 0 aromatic heterocycles. The fourth-order valence-electron chi connectivity index (χ4n) is 3.08. The lowest BCUT2D eigenvalue weighted by Crippen LogP contribution is -1.96. The molecule has 0 aliphatic heterocycles. The molecular weight excluding hydrogens is 324 g/mol. The largest absolute Gasteiger partial charge is 0.0856 e. The molecule has 0 nitrogen and oxygen atoms in total. The van der Waals surface area contributed by atoms with E-state index in [0.29, 0.717) is 0 Å². The van der Waals surface area contributed by atoms with Gasteiger partial charge in [0, 0.05) is 0 Å². The summed E-state index contributed by atoms with van der Waals surface area (Å²) in [5.41, 5.74) is 9.72. The molecule has 27 heavy (non-hydrogen) atoms. The number of benzene rings is 1. The predicted molar refractivity (Wildman–Crippen MR) is 123 cm³/mol. The lowest BCUT2D eigenvalue weighted by atomic mass is 9.94. The van der Waals surface area contributed by atoms with E-state index >= 15 is 0 Å². The van der Waals surface area contributed by atoms with E-state index in [2.05, 4.69) is 91.0 Å². The maximum absolute atomic E-state index is 4.27. The summed E-state index contributed by atoms with van der Waals surface area (Å²) in [6.45, 7) is 17.4. The van der Waals surface area contributed by atoms with Crippen LogP contribution < -0.4 is 0 Å². The summed E-state index contributed by atoms with van der Waals surface area (Å²) in [6.07, 6.45) is 16.0. The molecule has 1 aromatic rings. The van der Waals surface area contributed by atoms with E-state index in [4.69, 9.17) is 0 Å². The molecule has 1 rings (SSSR count). The zero-order chi connectivity index (χ0) is 20.2. The molecule has 1 radical (unpaired) electrons. The molecule has 0 bridgehead atoms. The highest BCUT2D eigenvalue weighted by molar-refractivity contribution is 5.40. The van der Waals surface area contributed by atoms with Crippen LogP contribution in [0.5, 0.6) is 0 Å². The van der Waals surface area contributed by atoms with Crippen molar-refractivity contribution in [3.8, 4) is 0 Å². The normalized spacial score (nSPS) is 12.1. The van der Waals surface area contributed by atoms with Crippen LogP contribution in [0, 0.1) is 6.92 Å². The van der Waals surface area contributed by atoms with Crippen LogP contribution in [0.25, 0.3) is 0 Å². The molecular formula is C27H39. The van der Waals surface area contributed by atoms with Crippen molar-refractivity contribution in [2.45, 2.75) is 80.1 Å². The Bertz CT molecular complexity index is 700. The average molecular weight is 364 g/mol. The summed E-state index contributed by atoms with van der Waals surface area (Å²) < 4.78 is 0. The molecule has 0 fully saturated rings. The van der Waals surface area contributed by atoms with E-state index in [0.717, 1.165) is 44.1 Å². The summed E-state index contributed by atoms with van der Waals surface area (Å²) in [4.78, 5) is 0. The van der Waals surface area contributed by atoms with Gasteiger partial charge in [-0.1, -0.05) is 64.8 Å². The number of hydrogen-bond acceptors (Lipinski definition) is 0. The van der Waals surface area contributed by atoms with Crippen molar-refractivity contribution >= 4 is 0 Å². The van der Waals surface area contributed by atoms with Gasteiger partial charge in [-0.2, -0.15) is 0 Å². The smallest absolute Gasteiger partial charge is 0.00893 e. The second kappa shape index (κ2) is 12.5. The minimum absolute atomic E-state index is 0.986. The Morgan fingerprint density at radius 2 is 1.26 bits per heavy atom. The molecule has 0 N–H and O–H groups in total. The topological polar surface area (TPSA) is 0 Å². The second-order valence-electron chi connectivity index (χ2n) is 8.20. The minimum Gasteiger partial charge on any atom is -0.0856 e. The van der Waals surface area contributed by atoms with Crippen molar-refractivity contribution in [3.05, 3.63) is 88.4 Å². The molecule has 0 atom stereocenters. The van der Waals surface area contributed by atoms with Crippen LogP contribution in [0.1, 0.15) is 83.9 Å². The minimum atomic E-state index is 0.986. The van der Waals surface area contributed by atoms with E-state index in [-0.39, 0.29) is 0 Å². The van der Waals surface area contributed by atoms with E-state index in [9.17, 15) is 0 Å². The maximum Gasteiger partial charge on any atom is -0.00893 e. The Labute approximate surface area is 168 Å². The van der Waals surface area contributed by atoms with Crippen LogP contribution in [0.2, 0.25) is 0 Å². The molecule has 0 heteroatoms. The molecule has 0 saturated carbocycles. The van der Waals surface area contributed by atoms with Crippen molar-refractivity contribution < 1.29 is 0 Å². The first-order valence-electron chi connectivity index (χ1n) is 10.3. The summed E-state index contributed by atoms with van der Waals surface area (Å²) >= 11 is 0. The van der Waals surface area contributed by atoms with Gasteiger partial charge in [-0.05, 0) is 104 Å². The number of allylic oxidation sites excluding steroid dienone is 8. The first-order chi connectivity index (χ1) is 12.8. The van der Waals surface area contributed by atoms with E-state index in [1.54, 1.807) is 0 Å². The molecule has 0 heterocycles. The lowest BCUT2D eigenvalue weighted by Gasteiger charge is -2.11. The van der Waals surface area contributed by atoms with Crippen LogP contribution in [-0.4, -0.2) is 0 Å². The summed E-state index contributed by atoms with van der Waals surface area (Å²) in [5.74, 6) is 0. The third-order valence-corrected chi connectivity index (χ3v) is 4.88. The van der Waals surface area contributed by atoms with Crippen LogP contribution in [0.3, 0.4) is 0 Å². The zero-order valence-electron chi connectivity index (χ0n) is 18.5. The van der Waals surface area contributed by atoms with E-state index in [1.807, 2.05) is 0 Å². The van der Waals surface area contributed by atoms with Gasteiger partial charge in [-0.3, -0.25) is 0 Å². The highest BCUT2D eigenvalue weighted by Crippen LogP contribution is 2.19. The predicted octanol–water partition coefficient (Wildman–Crippen LogP) is 8.34. The van der Waals surface area contributed by atoms with Gasteiger partial charge in [-0.15, -0.1) is 0 Å². The zero-order valence-corrected chi connectivity index (χ0v) is 18.5. The molecule has 1 aromatic carbocycles. The van der Waals surface area contributed by atoms with Crippen molar-refractivity contribution in [1.29, 1.82) is 0 Å². The molecule has 0 amide bonds. The molecule has 0 unspecified atom stereocenters. The Morgan fingerprint density at radius 3 is 1.78 bits per heavy atom. The Morgan fingerprint density at radius 1 is 0.741 bits per heavy atom. The third-order valence-electron chi connectivity index (χ3n) is 4.88. The molecule has 0 saturated heterocycles. The fourth-order valence-corrected chi connectivity index (χ4v) is 3.08. The van der Waals surface area contributed by atoms with Crippen LogP contribution in [0.15, 0.2) is 64.8 Å². The lowest BCUT2D eigenvalue weighted by molar-refractivity contribution is 0.948. The van der Waals surface area contributed by atoms with Gasteiger partial charge in [0.05, 0.1) is 0 Å². The van der Waals surface area contributed by atoms with Crippen molar-refractivity contribution in [3.63, 3.8) is 0 Å². The highest BCUT2D eigenvalue weighted by Gasteiger charge is 2.04. The first-order valence-corrected chi connectivity index (χ1v) is 10.3. The Kier molecular flexibility index (Phi) is 10.8. The summed E-state index contributed by atoms with van der Waals surface area (Å²) in [6, 6.07) is 6.53. The first kappa shape index (κ1) is 23.2. The number of rotatable bonds is 10. The Balaban J connectivity index is 2.76. The third kappa shape index (κ3) is 10.2. The van der Waals surface area contributed by atoms with Crippen LogP contribution in [-0.2, 0) is 12.8 Å². The fraction of sp³-hybridized carbons (Fsp3) is 0.444. The van der Waals surface area contributed by atoms with Gasteiger partial charge >= 0.3 is 0 Å². The molecule has 0 spiro atoms. The van der Waals surface area contributed by atoms with Crippen LogP contribution >= 0.6 is 0 Å². The molecule has 0 aliphatic rings.